The zero-order chi connectivity index (χ0) is 22.3. The second-order valence-electron chi connectivity index (χ2n) is 7.87. The van der Waals surface area contributed by atoms with Crippen LogP contribution < -0.4 is 15.4 Å². The molecule has 1 unspecified atom stereocenters. The first-order valence-corrected chi connectivity index (χ1v) is 10.2. The van der Waals surface area contributed by atoms with E-state index in [2.05, 4.69) is 20.6 Å². The number of alkyl halides is 3. The Morgan fingerprint density at radius 1 is 1.16 bits per heavy atom. The number of benzene rings is 1. The van der Waals surface area contributed by atoms with Crippen molar-refractivity contribution in [2.45, 2.75) is 37.8 Å². The molecular weight excluding hydrogens is 423 g/mol. The van der Waals surface area contributed by atoms with Gasteiger partial charge < -0.3 is 19.9 Å². The average Bonchev–Trinajstić information content (AvgIpc) is 3.22. The maximum absolute atomic E-state index is 13.0. The Hall–Kier alpha value is -3.40. The number of fused-ring (bicyclic) bond motifs is 2. The molecule has 2 aromatic heterocycles. The van der Waals surface area contributed by atoms with E-state index in [1.807, 2.05) is 24.3 Å². The predicted octanol–water partition coefficient (Wildman–Crippen LogP) is 2.87. The summed E-state index contributed by atoms with van der Waals surface area (Å²) in [5, 5.41) is 6.10. The highest BCUT2D eigenvalue weighted by Crippen LogP contribution is 2.29. The van der Waals surface area contributed by atoms with Gasteiger partial charge in [-0.25, -0.2) is 9.97 Å². The second kappa shape index (κ2) is 7.94. The van der Waals surface area contributed by atoms with Gasteiger partial charge in [0.05, 0.1) is 24.3 Å². The van der Waals surface area contributed by atoms with E-state index in [0.29, 0.717) is 37.6 Å². The van der Waals surface area contributed by atoms with E-state index in [-0.39, 0.29) is 17.6 Å². The molecule has 32 heavy (non-hydrogen) atoms. The van der Waals surface area contributed by atoms with Crippen LogP contribution in [0.3, 0.4) is 0 Å². The summed E-state index contributed by atoms with van der Waals surface area (Å²) < 4.78 is 46.5. The Morgan fingerprint density at radius 2 is 2.00 bits per heavy atom. The number of carbonyl (C=O) groups excluding carboxylic acids is 1. The molecule has 166 valence electrons. The molecule has 10 heteroatoms. The summed E-state index contributed by atoms with van der Waals surface area (Å²) in [6.45, 7) is 1.01. The summed E-state index contributed by atoms with van der Waals surface area (Å²) in [6, 6.07) is 11.0. The van der Waals surface area contributed by atoms with Gasteiger partial charge in [0.1, 0.15) is 29.6 Å². The molecule has 2 atom stereocenters. The Labute approximate surface area is 181 Å². The van der Waals surface area contributed by atoms with Crippen LogP contribution in [0, 0.1) is 0 Å². The first-order valence-electron chi connectivity index (χ1n) is 10.2. The maximum atomic E-state index is 13.0. The van der Waals surface area contributed by atoms with Crippen molar-refractivity contribution in [1.29, 1.82) is 0 Å². The number of aromatic nitrogens is 3. The molecule has 1 amide bonds. The van der Waals surface area contributed by atoms with Gasteiger partial charge in [-0.2, -0.15) is 13.2 Å². The molecule has 0 aliphatic carbocycles. The van der Waals surface area contributed by atoms with Gasteiger partial charge >= 0.3 is 6.18 Å². The van der Waals surface area contributed by atoms with Crippen molar-refractivity contribution in [1.82, 2.24) is 25.2 Å². The van der Waals surface area contributed by atoms with E-state index >= 15 is 0 Å². The van der Waals surface area contributed by atoms with E-state index in [9.17, 15) is 18.0 Å². The monoisotopic (exact) mass is 443 g/mol. The van der Waals surface area contributed by atoms with E-state index in [0.717, 1.165) is 17.4 Å². The van der Waals surface area contributed by atoms with Crippen LogP contribution in [0.5, 0.6) is 5.75 Å². The molecule has 4 heterocycles. The second-order valence-corrected chi connectivity index (χ2v) is 7.87. The quantitative estimate of drug-likeness (QED) is 0.651. The number of imidazole rings is 1. The first-order chi connectivity index (χ1) is 15.4. The van der Waals surface area contributed by atoms with E-state index < -0.39 is 17.9 Å². The zero-order valence-corrected chi connectivity index (χ0v) is 16.9. The van der Waals surface area contributed by atoms with E-state index in [4.69, 9.17) is 4.74 Å². The van der Waals surface area contributed by atoms with Crippen molar-refractivity contribution >= 4 is 5.91 Å². The average molecular weight is 443 g/mol. The normalized spacial score (nSPS) is 20.1. The van der Waals surface area contributed by atoms with Gasteiger partial charge in [-0.3, -0.25) is 4.79 Å². The summed E-state index contributed by atoms with van der Waals surface area (Å²) in [7, 11) is 0. The number of halogens is 3. The molecule has 0 radical (unpaired) electrons. The summed E-state index contributed by atoms with van der Waals surface area (Å²) in [5.74, 6) is 1.16. The molecule has 1 aromatic carbocycles. The largest absolute Gasteiger partial charge is 0.491 e. The predicted molar refractivity (Wildman–Crippen MR) is 108 cm³/mol. The number of carbonyl (C=O) groups is 1. The number of amides is 1. The molecule has 2 aliphatic rings. The molecule has 7 nitrogen and oxygen atoms in total. The highest BCUT2D eigenvalue weighted by molar-refractivity contribution is 5.92. The highest BCUT2D eigenvalue weighted by Gasteiger charge is 2.33. The van der Waals surface area contributed by atoms with Gasteiger partial charge in [0.25, 0.3) is 5.91 Å². The number of pyridine rings is 1. The van der Waals surface area contributed by atoms with Crippen molar-refractivity contribution in [3.8, 4) is 5.75 Å². The van der Waals surface area contributed by atoms with Crippen LogP contribution in [0.2, 0.25) is 0 Å². The summed E-state index contributed by atoms with van der Waals surface area (Å²) in [4.78, 5) is 20.9. The lowest BCUT2D eigenvalue weighted by Crippen LogP contribution is -2.42. The van der Waals surface area contributed by atoms with Gasteiger partial charge in [-0.15, -0.1) is 0 Å². The lowest BCUT2D eigenvalue weighted by Gasteiger charge is -2.25. The van der Waals surface area contributed by atoms with Crippen molar-refractivity contribution < 1.29 is 22.7 Å². The zero-order valence-electron chi connectivity index (χ0n) is 16.9. The number of hydrogen-bond donors (Lipinski definition) is 2. The Morgan fingerprint density at radius 3 is 2.84 bits per heavy atom. The number of nitrogens with one attached hydrogen (secondary N) is 2. The van der Waals surface area contributed by atoms with Crippen LogP contribution in [-0.4, -0.2) is 33.1 Å². The Kier molecular flexibility index (Phi) is 5.09. The maximum Gasteiger partial charge on any atom is 0.433 e. The molecule has 5 rings (SSSR count). The number of para-hydroxylation sites is 1. The van der Waals surface area contributed by atoms with Crippen molar-refractivity contribution in [2.75, 3.05) is 6.61 Å². The van der Waals surface area contributed by atoms with Gasteiger partial charge in [-0.1, -0.05) is 24.3 Å². The van der Waals surface area contributed by atoms with Crippen LogP contribution in [0.15, 0.2) is 48.7 Å². The molecule has 0 saturated carbocycles. The summed E-state index contributed by atoms with van der Waals surface area (Å²) in [6.07, 6.45) is -2.20. The lowest BCUT2D eigenvalue weighted by atomic mass is 10.0. The lowest BCUT2D eigenvalue weighted by molar-refractivity contribution is -0.141. The Balaban J connectivity index is 1.27. The van der Waals surface area contributed by atoms with Crippen molar-refractivity contribution in [3.63, 3.8) is 0 Å². The van der Waals surface area contributed by atoms with Gasteiger partial charge in [0, 0.05) is 12.7 Å². The Bertz CT molecular complexity index is 1160. The molecule has 0 saturated heterocycles. The molecule has 3 aromatic rings. The number of rotatable bonds is 3. The van der Waals surface area contributed by atoms with Crippen LogP contribution in [0.25, 0.3) is 0 Å². The third-order valence-corrected chi connectivity index (χ3v) is 5.61. The molecule has 0 spiro atoms. The minimum Gasteiger partial charge on any atom is -0.491 e. The van der Waals surface area contributed by atoms with Gasteiger partial charge in [0.15, 0.2) is 0 Å². The fourth-order valence-corrected chi connectivity index (χ4v) is 4.02. The minimum absolute atomic E-state index is 0.170. The molecule has 0 fully saturated rings. The fraction of sp³-hybridized carbons (Fsp3) is 0.318. The van der Waals surface area contributed by atoms with E-state index in [1.54, 1.807) is 16.8 Å². The van der Waals surface area contributed by atoms with Crippen molar-refractivity contribution in [3.05, 3.63) is 77.1 Å². The summed E-state index contributed by atoms with van der Waals surface area (Å²) >= 11 is 0. The third-order valence-electron chi connectivity index (χ3n) is 5.61. The minimum atomic E-state index is -4.50. The molecule has 2 N–H and O–H groups in total. The smallest absolute Gasteiger partial charge is 0.433 e. The van der Waals surface area contributed by atoms with Crippen LogP contribution in [-0.2, 0) is 25.7 Å². The van der Waals surface area contributed by atoms with Gasteiger partial charge in [-0.05, 0) is 30.2 Å². The number of hydrogen-bond acceptors (Lipinski definition) is 5. The van der Waals surface area contributed by atoms with E-state index in [1.165, 1.54) is 6.07 Å². The molecular formula is C22H20F3N5O2. The van der Waals surface area contributed by atoms with Crippen LogP contribution >= 0.6 is 0 Å². The van der Waals surface area contributed by atoms with Gasteiger partial charge in [0.2, 0.25) is 0 Å². The standard InChI is InChI=1S/C22H20F3N5O2/c23-22(24,25)19-7-3-5-15(28-19)16-10-30-11-17(29-20(30)9-26-16)21(31)27-14-8-13-4-1-2-6-18(13)32-12-14/h1-7,11,14,16,26H,8-10,12H2,(H,27,31)/t14-,16?/m1/s1. The highest BCUT2D eigenvalue weighted by atomic mass is 19.4. The number of nitrogens with zero attached hydrogens (tertiary/aromatic N) is 3. The SMILES string of the molecule is O=C(N[C@H]1COc2ccccc2C1)c1cn2c(n1)CNC(c1cccc(C(F)(F)F)n1)C2. The topological polar surface area (TPSA) is 81.1 Å². The van der Waals surface area contributed by atoms with Crippen LogP contribution in [0.1, 0.15) is 39.3 Å². The van der Waals surface area contributed by atoms with Crippen LogP contribution in [0.4, 0.5) is 13.2 Å². The first kappa shape index (κ1) is 20.5. The molecule has 2 aliphatic heterocycles. The summed E-state index contributed by atoms with van der Waals surface area (Å²) in [5.41, 5.74) is 0.667. The van der Waals surface area contributed by atoms with Crippen molar-refractivity contribution in [2.24, 2.45) is 0 Å². The molecule has 0 bridgehead atoms. The number of ether oxygens (including phenoxy) is 1. The third kappa shape index (κ3) is 4.05. The fourth-order valence-electron chi connectivity index (χ4n) is 4.02.